The lowest BCUT2D eigenvalue weighted by Gasteiger charge is -2.11. The van der Waals surface area contributed by atoms with Gasteiger partial charge in [-0.05, 0) is 14.0 Å². The molecule has 0 aliphatic carbocycles. The quantitative estimate of drug-likeness (QED) is 0.715. The first kappa shape index (κ1) is 11.9. The third-order valence-corrected chi connectivity index (χ3v) is 1.99. The molecule has 0 saturated heterocycles. The Morgan fingerprint density at radius 3 is 2.87 bits per heavy atom. The number of pyridine rings is 1. The predicted octanol–water partition coefficient (Wildman–Crippen LogP) is 1.13. The number of methoxy groups -OCH3 is 1. The molecule has 0 radical (unpaired) electrons. The minimum absolute atomic E-state index is 0.566. The van der Waals surface area contributed by atoms with E-state index in [9.17, 15) is 0 Å². The monoisotopic (exact) mass is 210 g/mol. The summed E-state index contributed by atoms with van der Waals surface area (Å²) in [5.41, 5.74) is 2.03. The number of nitrogens with zero attached hydrogens (tertiary/aromatic N) is 1. The molecule has 4 heteroatoms. The van der Waals surface area contributed by atoms with Gasteiger partial charge in [0.2, 0.25) is 0 Å². The summed E-state index contributed by atoms with van der Waals surface area (Å²) < 4.78 is 10.5. The minimum atomic E-state index is 0.566. The highest BCUT2D eigenvalue weighted by atomic mass is 16.5. The Labute approximate surface area is 90.6 Å². The molecule has 1 heterocycles. The van der Waals surface area contributed by atoms with E-state index in [2.05, 4.69) is 10.3 Å². The summed E-state index contributed by atoms with van der Waals surface area (Å²) in [6, 6.07) is 1.95. The summed E-state index contributed by atoms with van der Waals surface area (Å²) in [7, 11) is 3.56. The van der Waals surface area contributed by atoms with Gasteiger partial charge in [0.15, 0.2) is 0 Å². The average Bonchev–Trinajstić information content (AvgIpc) is 2.22. The molecule has 0 unspecified atom stereocenters. The zero-order valence-corrected chi connectivity index (χ0v) is 9.54. The summed E-state index contributed by atoms with van der Waals surface area (Å²) in [5.74, 6) is 0.883. The van der Waals surface area contributed by atoms with Crippen molar-refractivity contribution in [1.82, 2.24) is 10.3 Å². The summed E-state index contributed by atoms with van der Waals surface area (Å²) in [5, 5.41) is 3.08. The Kier molecular flexibility index (Phi) is 5.07. The molecule has 4 nitrogen and oxygen atoms in total. The van der Waals surface area contributed by atoms with Crippen molar-refractivity contribution in [2.45, 2.75) is 13.5 Å². The Bertz CT molecular complexity index is 303. The van der Waals surface area contributed by atoms with Gasteiger partial charge in [-0.2, -0.15) is 0 Å². The molecule has 0 aliphatic heterocycles. The smallest absolute Gasteiger partial charge is 0.127 e. The lowest BCUT2D eigenvalue weighted by molar-refractivity contribution is 0.145. The van der Waals surface area contributed by atoms with Crippen LogP contribution in [0.15, 0.2) is 12.3 Å². The van der Waals surface area contributed by atoms with Gasteiger partial charge in [-0.1, -0.05) is 0 Å². The molecular weight excluding hydrogens is 192 g/mol. The van der Waals surface area contributed by atoms with E-state index in [1.165, 1.54) is 0 Å². The number of aryl methyl sites for hydroxylation is 1. The van der Waals surface area contributed by atoms with E-state index >= 15 is 0 Å². The normalized spacial score (nSPS) is 10.3. The van der Waals surface area contributed by atoms with Crippen LogP contribution in [0.25, 0.3) is 0 Å². The second-order valence-electron chi connectivity index (χ2n) is 3.30. The molecule has 0 amide bonds. The van der Waals surface area contributed by atoms with Crippen molar-refractivity contribution in [3.8, 4) is 5.75 Å². The molecule has 1 rings (SSSR count). The topological polar surface area (TPSA) is 43.4 Å². The van der Waals surface area contributed by atoms with E-state index in [0.29, 0.717) is 13.2 Å². The van der Waals surface area contributed by atoms with Gasteiger partial charge in [0, 0.05) is 37.2 Å². The molecular formula is C11H18N2O2. The summed E-state index contributed by atoms with van der Waals surface area (Å²) >= 11 is 0. The zero-order chi connectivity index (χ0) is 11.1. The van der Waals surface area contributed by atoms with Gasteiger partial charge >= 0.3 is 0 Å². The molecule has 0 aromatic carbocycles. The molecule has 0 spiro atoms. The fourth-order valence-electron chi connectivity index (χ4n) is 1.26. The van der Waals surface area contributed by atoms with Gasteiger partial charge < -0.3 is 14.8 Å². The molecule has 1 aromatic rings. The molecule has 0 aliphatic rings. The van der Waals surface area contributed by atoms with E-state index in [-0.39, 0.29) is 0 Å². The van der Waals surface area contributed by atoms with Crippen LogP contribution in [0.4, 0.5) is 0 Å². The van der Waals surface area contributed by atoms with Crippen LogP contribution < -0.4 is 10.1 Å². The molecule has 1 aromatic heterocycles. The summed E-state index contributed by atoms with van der Waals surface area (Å²) in [6.45, 7) is 3.87. The van der Waals surface area contributed by atoms with Crippen molar-refractivity contribution in [1.29, 1.82) is 0 Å². The minimum Gasteiger partial charge on any atom is -0.491 e. The van der Waals surface area contributed by atoms with Crippen molar-refractivity contribution < 1.29 is 9.47 Å². The molecule has 0 bridgehead atoms. The molecule has 0 saturated carbocycles. The first-order valence-corrected chi connectivity index (χ1v) is 4.99. The highest BCUT2D eigenvalue weighted by Gasteiger charge is 2.03. The first-order valence-electron chi connectivity index (χ1n) is 4.99. The fraction of sp³-hybridized carbons (Fsp3) is 0.545. The van der Waals surface area contributed by atoms with Crippen LogP contribution in [0.5, 0.6) is 5.75 Å². The summed E-state index contributed by atoms with van der Waals surface area (Å²) in [4.78, 5) is 4.24. The van der Waals surface area contributed by atoms with Gasteiger partial charge in [0.25, 0.3) is 0 Å². The van der Waals surface area contributed by atoms with E-state index in [1.807, 2.05) is 26.2 Å². The average molecular weight is 210 g/mol. The number of nitrogens with one attached hydrogen (secondary N) is 1. The third kappa shape index (κ3) is 3.85. The number of hydrogen-bond donors (Lipinski definition) is 1. The Morgan fingerprint density at radius 1 is 1.40 bits per heavy atom. The maximum absolute atomic E-state index is 5.61. The predicted molar refractivity (Wildman–Crippen MR) is 59.1 cm³/mol. The Hall–Kier alpha value is -1.13. The molecule has 15 heavy (non-hydrogen) atoms. The zero-order valence-electron chi connectivity index (χ0n) is 9.54. The second kappa shape index (κ2) is 6.37. The number of hydrogen-bond acceptors (Lipinski definition) is 4. The molecule has 0 atom stereocenters. The van der Waals surface area contributed by atoms with Gasteiger partial charge in [0.05, 0.1) is 6.61 Å². The first-order chi connectivity index (χ1) is 7.27. The largest absolute Gasteiger partial charge is 0.491 e. The van der Waals surface area contributed by atoms with Gasteiger partial charge in [0.1, 0.15) is 12.4 Å². The Morgan fingerprint density at radius 2 is 2.20 bits per heavy atom. The van der Waals surface area contributed by atoms with Crippen LogP contribution in [0.3, 0.4) is 0 Å². The highest BCUT2D eigenvalue weighted by molar-refractivity contribution is 5.32. The van der Waals surface area contributed by atoms with Crippen molar-refractivity contribution in [2.75, 3.05) is 27.4 Å². The Balaban J connectivity index is 2.68. The third-order valence-electron chi connectivity index (χ3n) is 1.99. The maximum atomic E-state index is 5.61. The van der Waals surface area contributed by atoms with Gasteiger partial charge in [-0.25, -0.2) is 0 Å². The fourth-order valence-corrected chi connectivity index (χ4v) is 1.26. The highest BCUT2D eigenvalue weighted by Crippen LogP contribution is 2.18. The van der Waals surface area contributed by atoms with E-state index in [4.69, 9.17) is 9.47 Å². The summed E-state index contributed by atoms with van der Waals surface area (Å²) in [6.07, 6.45) is 1.84. The number of rotatable bonds is 6. The second-order valence-corrected chi connectivity index (χ2v) is 3.30. The van der Waals surface area contributed by atoms with Gasteiger partial charge in [-0.15, -0.1) is 0 Å². The SMILES string of the molecule is CNCc1cnc(C)cc1OCCOC. The van der Waals surface area contributed by atoms with Crippen molar-refractivity contribution in [3.63, 3.8) is 0 Å². The number of ether oxygens (including phenoxy) is 2. The van der Waals surface area contributed by atoms with E-state index < -0.39 is 0 Å². The van der Waals surface area contributed by atoms with Crippen LogP contribution in [-0.4, -0.2) is 32.4 Å². The lowest BCUT2D eigenvalue weighted by Crippen LogP contribution is -2.10. The molecule has 84 valence electrons. The van der Waals surface area contributed by atoms with Crippen molar-refractivity contribution in [2.24, 2.45) is 0 Å². The molecule has 1 N–H and O–H groups in total. The van der Waals surface area contributed by atoms with Crippen molar-refractivity contribution in [3.05, 3.63) is 23.5 Å². The van der Waals surface area contributed by atoms with Crippen LogP contribution >= 0.6 is 0 Å². The van der Waals surface area contributed by atoms with Crippen LogP contribution in [0, 0.1) is 6.92 Å². The lowest BCUT2D eigenvalue weighted by atomic mass is 10.2. The van der Waals surface area contributed by atoms with Crippen molar-refractivity contribution >= 4 is 0 Å². The van der Waals surface area contributed by atoms with E-state index in [0.717, 1.165) is 23.6 Å². The standard InChI is InChI=1S/C11H18N2O2/c1-9-6-11(15-5-4-14-3)10(7-12-2)8-13-9/h6,8,12H,4-5,7H2,1-3H3. The van der Waals surface area contributed by atoms with Crippen LogP contribution in [0.2, 0.25) is 0 Å². The van der Waals surface area contributed by atoms with Gasteiger partial charge in [-0.3, -0.25) is 4.98 Å². The van der Waals surface area contributed by atoms with Crippen LogP contribution in [-0.2, 0) is 11.3 Å². The van der Waals surface area contributed by atoms with E-state index in [1.54, 1.807) is 7.11 Å². The molecule has 0 fully saturated rings. The maximum Gasteiger partial charge on any atom is 0.127 e. The van der Waals surface area contributed by atoms with Crippen LogP contribution in [0.1, 0.15) is 11.3 Å². The number of aromatic nitrogens is 1.